The molecule has 0 saturated heterocycles. The Morgan fingerprint density at radius 1 is 0.905 bits per heavy atom. The standard InChI is InChI=1S/C16H9BrClFN2/c17-13-14(10-5-2-1-3-6-10)20-16(21-15(13)18)11-7-4-8-12(19)9-11/h1-9H. The molecule has 21 heavy (non-hydrogen) atoms. The van der Waals surface area contributed by atoms with Crippen molar-refractivity contribution in [2.24, 2.45) is 0 Å². The maximum absolute atomic E-state index is 13.4. The van der Waals surface area contributed by atoms with E-state index >= 15 is 0 Å². The van der Waals surface area contributed by atoms with Crippen molar-refractivity contribution in [3.63, 3.8) is 0 Å². The van der Waals surface area contributed by atoms with E-state index in [1.165, 1.54) is 12.1 Å². The molecule has 0 aliphatic heterocycles. The van der Waals surface area contributed by atoms with E-state index in [2.05, 4.69) is 25.9 Å². The summed E-state index contributed by atoms with van der Waals surface area (Å²) >= 11 is 9.57. The Morgan fingerprint density at radius 3 is 2.33 bits per heavy atom. The number of hydrogen-bond donors (Lipinski definition) is 0. The van der Waals surface area contributed by atoms with Gasteiger partial charge >= 0.3 is 0 Å². The highest BCUT2D eigenvalue weighted by Gasteiger charge is 2.13. The van der Waals surface area contributed by atoms with Crippen LogP contribution in [0.1, 0.15) is 0 Å². The Hall–Kier alpha value is -1.78. The summed E-state index contributed by atoms with van der Waals surface area (Å²) in [6, 6.07) is 15.7. The number of halogens is 3. The van der Waals surface area contributed by atoms with Crippen LogP contribution >= 0.6 is 27.5 Å². The van der Waals surface area contributed by atoms with Crippen molar-refractivity contribution in [2.45, 2.75) is 0 Å². The first-order chi connectivity index (χ1) is 10.1. The molecule has 0 N–H and O–H groups in total. The Kier molecular flexibility index (Phi) is 3.99. The van der Waals surface area contributed by atoms with E-state index in [4.69, 9.17) is 11.6 Å². The Balaban J connectivity index is 2.19. The van der Waals surface area contributed by atoms with Crippen molar-refractivity contribution in [2.75, 3.05) is 0 Å². The normalized spacial score (nSPS) is 10.6. The zero-order valence-electron chi connectivity index (χ0n) is 10.7. The van der Waals surface area contributed by atoms with Crippen LogP contribution in [-0.2, 0) is 0 Å². The molecule has 0 aliphatic rings. The highest BCUT2D eigenvalue weighted by molar-refractivity contribution is 9.10. The maximum Gasteiger partial charge on any atom is 0.161 e. The molecule has 2 nitrogen and oxygen atoms in total. The fourth-order valence-electron chi connectivity index (χ4n) is 1.96. The van der Waals surface area contributed by atoms with Gasteiger partial charge in [0, 0.05) is 11.1 Å². The smallest absolute Gasteiger partial charge is 0.161 e. The topological polar surface area (TPSA) is 25.8 Å². The summed E-state index contributed by atoms with van der Waals surface area (Å²) in [4.78, 5) is 8.72. The van der Waals surface area contributed by atoms with Gasteiger partial charge in [-0.25, -0.2) is 14.4 Å². The second kappa shape index (κ2) is 5.92. The molecule has 0 fully saturated rings. The van der Waals surface area contributed by atoms with Crippen LogP contribution in [-0.4, -0.2) is 9.97 Å². The van der Waals surface area contributed by atoms with E-state index in [0.717, 1.165) is 5.56 Å². The summed E-state index contributed by atoms with van der Waals surface area (Å²) < 4.78 is 14.0. The molecule has 0 amide bonds. The average Bonchev–Trinajstić information content (AvgIpc) is 2.51. The van der Waals surface area contributed by atoms with Crippen molar-refractivity contribution < 1.29 is 4.39 Å². The van der Waals surface area contributed by atoms with E-state index in [1.54, 1.807) is 12.1 Å². The lowest BCUT2D eigenvalue weighted by molar-refractivity contribution is 0.628. The lowest BCUT2D eigenvalue weighted by Gasteiger charge is -2.08. The second-order valence-corrected chi connectivity index (χ2v) is 5.53. The molecule has 0 unspecified atom stereocenters. The minimum absolute atomic E-state index is 0.295. The Morgan fingerprint density at radius 2 is 1.62 bits per heavy atom. The van der Waals surface area contributed by atoms with Crippen molar-refractivity contribution in [3.8, 4) is 22.6 Å². The molecule has 104 valence electrons. The van der Waals surface area contributed by atoms with Gasteiger partial charge in [0.2, 0.25) is 0 Å². The fourth-order valence-corrected chi connectivity index (χ4v) is 2.54. The third-order valence-corrected chi connectivity index (χ3v) is 4.19. The molecule has 0 saturated carbocycles. The van der Waals surface area contributed by atoms with Gasteiger partial charge < -0.3 is 0 Å². The lowest BCUT2D eigenvalue weighted by atomic mass is 10.1. The first-order valence-corrected chi connectivity index (χ1v) is 7.36. The molecule has 3 rings (SSSR count). The van der Waals surface area contributed by atoms with E-state index in [9.17, 15) is 4.39 Å². The maximum atomic E-state index is 13.4. The van der Waals surface area contributed by atoms with Crippen molar-refractivity contribution in [3.05, 3.63) is 70.0 Å². The van der Waals surface area contributed by atoms with Gasteiger partial charge in [-0.2, -0.15) is 0 Å². The molecule has 0 aliphatic carbocycles. The molecule has 1 aromatic heterocycles. The summed E-state index contributed by atoms with van der Waals surface area (Å²) in [7, 11) is 0. The van der Waals surface area contributed by atoms with Crippen LogP contribution in [0.3, 0.4) is 0 Å². The summed E-state index contributed by atoms with van der Waals surface area (Å²) in [5.74, 6) is 0.0537. The van der Waals surface area contributed by atoms with Crippen molar-refractivity contribution >= 4 is 27.5 Å². The molecule has 0 radical (unpaired) electrons. The first kappa shape index (κ1) is 14.2. The third-order valence-electron chi connectivity index (χ3n) is 2.94. The molecule has 5 heteroatoms. The van der Waals surface area contributed by atoms with Crippen LogP contribution < -0.4 is 0 Å². The predicted octanol–water partition coefficient (Wildman–Crippen LogP) is 5.37. The SMILES string of the molecule is Fc1cccc(-c2nc(Cl)c(Br)c(-c3ccccc3)n2)c1. The first-order valence-electron chi connectivity index (χ1n) is 6.19. The minimum atomic E-state index is -0.337. The number of aromatic nitrogens is 2. The van der Waals surface area contributed by atoms with Gasteiger partial charge in [0.1, 0.15) is 11.0 Å². The molecular weight excluding hydrogens is 355 g/mol. The molecule has 0 bridgehead atoms. The lowest BCUT2D eigenvalue weighted by Crippen LogP contribution is -1.95. The second-order valence-electron chi connectivity index (χ2n) is 4.38. The predicted molar refractivity (Wildman–Crippen MR) is 85.6 cm³/mol. The fraction of sp³-hybridized carbons (Fsp3) is 0. The highest BCUT2D eigenvalue weighted by Crippen LogP contribution is 2.33. The van der Waals surface area contributed by atoms with Gasteiger partial charge in [0.05, 0.1) is 10.2 Å². The van der Waals surface area contributed by atoms with Crippen LogP contribution in [0, 0.1) is 5.82 Å². The van der Waals surface area contributed by atoms with Gasteiger partial charge in [-0.15, -0.1) is 0 Å². The Bertz CT molecular complexity index is 794. The van der Waals surface area contributed by atoms with E-state index < -0.39 is 0 Å². The van der Waals surface area contributed by atoms with Gasteiger partial charge in [-0.3, -0.25) is 0 Å². The largest absolute Gasteiger partial charge is 0.227 e. The van der Waals surface area contributed by atoms with Crippen LogP contribution in [0.25, 0.3) is 22.6 Å². The molecule has 2 aromatic carbocycles. The summed E-state index contributed by atoms with van der Waals surface area (Å²) in [6.07, 6.45) is 0. The number of benzene rings is 2. The number of nitrogens with zero attached hydrogens (tertiary/aromatic N) is 2. The monoisotopic (exact) mass is 362 g/mol. The van der Waals surface area contributed by atoms with Gasteiger partial charge in [-0.05, 0) is 28.1 Å². The van der Waals surface area contributed by atoms with Crippen LogP contribution in [0.15, 0.2) is 59.1 Å². The number of rotatable bonds is 2. The quantitative estimate of drug-likeness (QED) is 0.572. The molecule has 1 heterocycles. The van der Waals surface area contributed by atoms with Crippen LogP contribution in [0.5, 0.6) is 0 Å². The van der Waals surface area contributed by atoms with Gasteiger partial charge in [-0.1, -0.05) is 54.1 Å². The van der Waals surface area contributed by atoms with Crippen LogP contribution in [0.2, 0.25) is 5.15 Å². The Labute approximate surface area is 134 Å². The minimum Gasteiger partial charge on any atom is -0.227 e. The van der Waals surface area contributed by atoms with Gasteiger partial charge in [0.25, 0.3) is 0 Å². The highest BCUT2D eigenvalue weighted by atomic mass is 79.9. The van der Waals surface area contributed by atoms with Crippen molar-refractivity contribution in [1.82, 2.24) is 9.97 Å². The zero-order valence-corrected chi connectivity index (χ0v) is 13.1. The summed E-state index contributed by atoms with van der Waals surface area (Å²) in [6.45, 7) is 0. The zero-order chi connectivity index (χ0) is 14.8. The van der Waals surface area contributed by atoms with E-state index in [0.29, 0.717) is 26.7 Å². The number of hydrogen-bond acceptors (Lipinski definition) is 2. The van der Waals surface area contributed by atoms with Crippen LogP contribution in [0.4, 0.5) is 4.39 Å². The third kappa shape index (κ3) is 2.96. The van der Waals surface area contributed by atoms with E-state index in [-0.39, 0.29) is 5.82 Å². The van der Waals surface area contributed by atoms with Crippen molar-refractivity contribution in [1.29, 1.82) is 0 Å². The molecular formula is C16H9BrClFN2. The molecule has 0 spiro atoms. The summed E-state index contributed by atoms with van der Waals surface area (Å²) in [5.41, 5.74) is 2.17. The van der Waals surface area contributed by atoms with E-state index in [1.807, 2.05) is 30.3 Å². The molecule has 3 aromatic rings. The molecule has 0 atom stereocenters. The average molecular weight is 364 g/mol. The summed E-state index contributed by atoms with van der Waals surface area (Å²) in [5, 5.41) is 0.295. The van der Waals surface area contributed by atoms with Gasteiger partial charge in [0.15, 0.2) is 5.82 Å².